The minimum absolute atomic E-state index is 0.0447. The molecule has 0 aliphatic heterocycles. The van der Waals surface area contributed by atoms with E-state index in [2.05, 4.69) is 0 Å². The highest BCUT2D eigenvalue weighted by Gasteiger charge is 2.03. The molecule has 3 nitrogen and oxygen atoms in total. The molecule has 0 unspecified atom stereocenters. The molecule has 86 valence electrons. The van der Waals surface area contributed by atoms with Crippen molar-refractivity contribution in [3.8, 4) is 0 Å². The van der Waals surface area contributed by atoms with Gasteiger partial charge in [0.2, 0.25) is 0 Å². The summed E-state index contributed by atoms with van der Waals surface area (Å²) in [6.07, 6.45) is 3.68. The van der Waals surface area contributed by atoms with Crippen LogP contribution in [-0.2, 0) is 17.8 Å². The SMILES string of the molecule is O=C(Cc1ccccc1)Cn1ccc(=O)cc1. The molecule has 0 saturated heterocycles. The van der Waals surface area contributed by atoms with Gasteiger partial charge in [0.05, 0.1) is 6.54 Å². The van der Waals surface area contributed by atoms with Crippen LogP contribution in [-0.4, -0.2) is 10.4 Å². The molecule has 1 heterocycles. The van der Waals surface area contributed by atoms with Gasteiger partial charge < -0.3 is 4.57 Å². The molecule has 0 aliphatic rings. The monoisotopic (exact) mass is 227 g/mol. The van der Waals surface area contributed by atoms with Crippen LogP contribution in [0.4, 0.5) is 0 Å². The average molecular weight is 227 g/mol. The number of rotatable bonds is 4. The molecule has 0 amide bonds. The van der Waals surface area contributed by atoms with Crippen molar-refractivity contribution in [2.45, 2.75) is 13.0 Å². The maximum atomic E-state index is 11.8. The van der Waals surface area contributed by atoms with Crippen LogP contribution < -0.4 is 5.43 Å². The lowest BCUT2D eigenvalue weighted by Gasteiger charge is -2.04. The number of carbonyl (C=O) groups is 1. The van der Waals surface area contributed by atoms with Gasteiger partial charge in [0, 0.05) is 30.9 Å². The Morgan fingerprint density at radius 2 is 1.65 bits per heavy atom. The number of hydrogen-bond donors (Lipinski definition) is 0. The topological polar surface area (TPSA) is 39.1 Å². The van der Waals surface area contributed by atoms with Crippen LogP contribution in [0.3, 0.4) is 0 Å². The van der Waals surface area contributed by atoms with Gasteiger partial charge in [0.1, 0.15) is 0 Å². The van der Waals surface area contributed by atoms with Crippen molar-refractivity contribution in [2.75, 3.05) is 0 Å². The highest BCUT2D eigenvalue weighted by atomic mass is 16.1. The predicted octanol–water partition coefficient (Wildman–Crippen LogP) is 1.66. The van der Waals surface area contributed by atoms with Crippen molar-refractivity contribution in [1.82, 2.24) is 4.57 Å². The second-order valence-electron chi connectivity index (χ2n) is 3.91. The summed E-state index contributed by atoms with van der Waals surface area (Å²) in [6, 6.07) is 12.5. The number of ketones is 1. The number of Topliss-reactive ketones (excluding diaryl/α,β-unsaturated/α-hetero) is 1. The molecule has 2 rings (SSSR count). The van der Waals surface area contributed by atoms with E-state index in [1.165, 1.54) is 12.1 Å². The third kappa shape index (κ3) is 3.41. The fourth-order valence-corrected chi connectivity index (χ4v) is 1.63. The molecule has 0 N–H and O–H groups in total. The van der Waals surface area contributed by atoms with Gasteiger partial charge in [-0.1, -0.05) is 30.3 Å². The first-order valence-electron chi connectivity index (χ1n) is 5.46. The highest BCUT2D eigenvalue weighted by molar-refractivity contribution is 5.80. The molecule has 0 aliphatic carbocycles. The first kappa shape index (κ1) is 11.3. The molecule has 0 saturated carbocycles. The highest BCUT2D eigenvalue weighted by Crippen LogP contribution is 2.01. The van der Waals surface area contributed by atoms with E-state index in [9.17, 15) is 9.59 Å². The van der Waals surface area contributed by atoms with Crippen LogP contribution in [0.5, 0.6) is 0 Å². The van der Waals surface area contributed by atoms with E-state index in [-0.39, 0.29) is 11.2 Å². The average Bonchev–Trinajstić information content (AvgIpc) is 2.33. The van der Waals surface area contributed by atoms with Gasteiger partial charge in [-0.05, 0) is 5.56 Å². The Hall–Kier alpha value is -2.16. The van der Waals surface area contributed by atoms with E-state index >= 15 is 0 Å². The van der Waals surface area contributed by atoms with Gasteiger partial charge in [-0.25, -0.2) is 0 Å². The Morgan fingerprint density at radius 1 is 1.00 bits per heavy atom. The normalized spacial score (nSPS) is 10.1. The smallest absolute Gasteiger partial charge is 0.181 e. The summed E-state index contributed by atoms with van der Waals surface area (Å²) >= 11 is 0. The molecule has 0 spiro atoms. The number of aromatic nitrogens is 1. The lowest BCUT2D eigenvalue weighted by atomic mass is 10.1. The molecule has 0 fully saturated rings. The first-order chi connectivity index (χ1) is 8.24. The van der Waals surface area contributed by atoms with E-state index in [0.717, 1.165) is 5.56 Å². The number of nitrogens with zero attached hydrogens (tertiary/aromatic N) is 1. The molecule has 1 aromatic heterocycles. The summed E-state index contributed by atoms with van der Waals surface area (Å²) < 4.78 is 1.71. The van der Waals surface area contributed by atoms with Crippen LogP contribution in [0.2, 0.25) is 0 Å². The van der Waals surface area contributed by atoms with Gasteiger partial charge in [-0.15, -0.1) is 0 Å². The molecule has 0 atom stereocenters. The van der Waals surface area contributed by atoms with Crippen molar-refractivity contribution >= 4 is 5.78 Å². The molecule has 3 heteroatoms. The van der Waals surface area contributed by atoms with Crippen molar-refractivity contribution in [3.05, 3.63) is 70.6 Å². The Labute approximate surface area is 99.3 Å². The second-order valence-corrected chi connectivity index (χ2v) is 3.91. The molecule has 2 aromatic rings. The lowest BCUT2D eigenvalue weighted by molar-refractivity contribution is -0.119. The number of carbonyl (C=O) groups excluding carboxylic acids is 1. The minimum atomic E-state index is -0.0447. The molecule has 0 radical (unpaired) electrons. The lowest BCUT2D eigenvalue weighted by Crippen LogP contribution is -2.13. The van der Waals surface area contributed by atoms with Crippen molar-refractivity contribution in [3.63, 3.8) is 0 Å². The minimum Gasteiger partial charge on any atom is -0.347 e. The van der Waals surface area contributed by atoms with Gasteiger partial charge >= 0.3 is 0 Å². The Morgan fingerprint density at radius 3 is 2.29 bits per heavy atom. The maximum Gasteiger partial charge on any atom is 0.181 e. The van der Waals surface area contributed by atoms with Gasteiger partial charge in [-0.2, -0.15) is 0 Å². The quantitative estimate of drug-likeness (QED) is 0.796. The van der Waals surface area contributed by atoms with Crippen molar-refractivity contribution in [1.29, 1.82) is 0 Å². The summed E-state index contributed by atoms with van der Waals surface area (Å²) in [7, 11) is 0. The van der Waals surface area contributed by atoms with E-state index in [1.54, 1.807) is 17.0 Å². The van der Waals surface area contributed by atoms with Crippen LogP contribution in [0.1, 0.15) is 5.56 Å². The van der Waals surface area contributed by atoms with Gasteiger partial charge in [0.15, 0.2) is 11.2 Å². The molecule has 17 heavy (non-hydrogen) atoms. The van der Waals surface area contributed by atoms with E-state index in [1.807, 2.05) is 30.3 Å². The zero-order valence-electron chi connectivity index (χ0n) is 9.37. The van der Waals surface area contributed by atoms with E-state index < -0.39 is 0 Å². The number of hydrogen-bond acceptors (Lipinski definition) is 2. The summed E-state index contributed by atoms with van der Waals surface area (Å²) in [5, 5.41) is 0. The number of benzene rings is 1. The van der Waals surface area contributed by atoms with E-state index in [4.69, 9.17) is 0 Å². The molecule has 0 bridgehead atoms. The third-order valence-electron chi connectivity index (χ3n) is 2.46. The fraction of sp³-hybridized carbons (Fsp3) is 0.143. The van der Waals surface area contributed by atoms with Crippen molar-refractivity contribution in [2.24, 2.45) is 0 Å². The third-order valence-corrected chi connectivity index (χ3v) is 2.46. The van der Waals surface area contributed by atoms with Gasteiger partial charge in [-0.3, -0.25) is 9.59 Å². The first-order valence-corrected chi connectivity index (χ1v) is 5.46. The fourth-order valence-electron chi connectivity index (χ4n) is 1.63. The largest absolute Gasteiger partial charge is 0.347 e. The van der Waals surface area contributed by atoms with Crippen LogP contribution in [0.25, 0.3) is 0 Å². The summed E-state index contributed by atoms with van der Waals surface area (Å²) in [5.74, 6) is 0.125. The number of pyridine rings is 1. The van der Waals surface area contributed by atoms with Gasteiger partial charge in [0.25, 0.3) is 0 Å². The Bertz CT molecular complexity index is 537. The Kier molecular flexibility index (Phi) is 3.50. The zero-order chi connectivity index (χ0) is 12.1. The van der Waals surface area contributed by atoms with Crippen LogP contribution in [0, 0.1) is 0 Å². The zero-order valence-corrected chi connectivity index (χ0v) is 9.37. The standard InChI is InChI=1S/C14H13NO2/c16-13-6-8-15(9-7-13)11-14(17)10-12-4-2-1-3-5-12/h1-9H,10-11H2. The van der Waals surface area contributed by atoms with Crippen molar-refractivity contribution < 1.29 is 4.79 Å². The second kappa shape index (κ2) is 5.25. The maximum absolute atomic E-state index is 11.8. The summed E-state index contributed by atoms with van der Waals surface area (Å²) in [5.41, 5.74) is 0.968. The molecular weight excluding hydrogens is 214 g/mol. The Balaban J connectivity index is 1.98. The van der Waals surface area contributed by atoms with Crippen LogP contribution in [0.15, 0.2) is 59.7 Å². The summed E-state index contributed by atoms with van der Waals surface area (Å²) in [4.78, 5) is 22.7. The predicted molar refractivity (Wildman–Crippen MR) is 65.9 cm³/mol. The van der Waals surface area contributed by atoms with E-state index in [0.29, 0.717) is 13.0 Å². The molecular formula is C14H13NO2. The molecule has 1 aromatic carbocycles. The summed E-state index contributed by atoms with van der Waals surface area (Å²) in [6.45, 7) is 0.301. The van der Waals surface area contributed by atoms with Crippen LogP contribution >= 0.6 is 0 Å².